The smallest absolute Gasteiger partial charge is 0.159 e. The zero-order valence-electron chi connectivity index (χ0n) is 9.51. The van der Waals surface area contributed by atoms with E-state index in [-0.39, 0.29) is 0 Å². The SMILES string of the molecule is C(=C/c1ccno1)/CC1CC2CCN1CC2. The molecule has 4 heterocycles. The summed E-state index contributed by atoms with van der Waals surface area (Å²) < 4.78 is 5.03. The molecule has 0 amide bonds. The molecule has 16 heavy (non-hydrogen) atoms. The highest BCUT2D eigenvalue weighted by Gasteiger charge is 2.32. The first-order chi connectivity index (χ1) is 7.92. The van der Waals surface area contributed by atoms with Crippen LogP contribution in [0.25, 0.3) is 6.08 Å². The van der Waals surface area contributed by atoms with Crippen LogP contribution in [-0.2, 0) is 0 Å². The molecule has 0 aromatic carbocycles. The third-order valence-electron chi connectivity index (χ3n) is 3.92. The second-order valence-corrected chi connectivity index (χ2v) is 4.92. The Labute approximate surface area is 96.1 Å². The topological polar surface area (TPSA) is 29.3 Å². The zero-order chi connectivity index (χ0) is 10.8. The first-order valence-corrected chi connectivity index (χ1v) is 6.23. The molecule has 0 N–H and O–H groups in total. The van der Waals surface area contributed by atoms with Gasteiger partial charge in [0.2, 0.25) is 0 Å². The average Bonchev–Trinajstić information content (AvgIpc) is 2.84. The predicted octanol–water partition coefficient (Wildman–Crippen LogP) is 2.56. The Morgan fingerprint density at radius 1 is 1.44 bits per heavy atom. The largest absolute Gasteiger partial charge is 0.357 e. The monoisotopic (exact) mass is 218 g/mol. The van der Waals surface area contributed by atoms with Crippen molar-refractivity contribution < 1.29 is 4.52 Å². The molecular formula is C13H18N2O. The van der Waals surface area contributed by atoms with E-state index in [0.717, 1.165) is 24.1 Å². The minimum atomic E-state index is 0.770. The van der Waals surface area contributed by atoms with Gasteiger partial charge in [-0.15, -0.1) is 0 Å². The Balaban J connectivity index is 1.55. The zero-order valence-corrected chi connectivity index (χ0v) is 9.51. The van der Waals surface area contributed by atoms with Crippen molar-refractivity contribution in [2.45, 2.75) is 31.7 Å². The van der Waals surface area contributed by atoms with Gasteiger partial charge in [-0.25, -0.2) is 0 Å². The van der Waals surface area contributed by atoms with Crippen LogP contribution in [0.2, 0.25) is 0 Å². The van der Waals surface area contributed by atoms with Gasteiger partial charge in [0.1, 0.15) is 0 Å². The summed E-state index contributed by atoms with van der Waals surface area (Å²) in [4.78, 5) is 2.64. The molecule has 1 atom stereocenters. The Kier molecular flexibility index (Phi) is 2.79. The van der Waals surface area contributed by atoms with Gasteiger partial charge < -0.3 is 9.42 Å². The van der Waals surface area contributed by atoms with Gasteiger partial charge in [-0.2, -0.15) is 0 Å². The predicted molar refractivity (Wildman–Crippen MR) is 62.9 cm³/mol. The van der Waals surface area contributed by atoms with Gasteiger partial charge in [0.15, 0.2) is 5.76 Å². The number of rotatable bonds is 3. The van der Waals surface area contributed by atoms with E-state index in [0.29, 0.717) is 0 Å². The van der Waals surface area contributed by atoms with E-state index in [1.165, 1.54) is 32.4 Å². The molecular weight excluding hydrogens is 200 g/mol. The summed E-state index contributed by atoms with van der Waals surface area (Å²) in [5.74, 6) is 1.85. The molecule has 0 radical (unpaired) electrons. The van der Waals surface area contributed by atoms with Gasteiger partial charge in [-0.05, 0) is 50.8 Å². The average molecular weight is 218 g/mol. The molecule has 0 spiro atoms. The quantitative estimate of drug-likeness (QED) is 0.780. The van der Waals surface area contributed by atoms with Crippen molar-refractivity contribution in [3.05, 3.63) is 24.1 Å². The Hall–Kier alpha value is -1.09. The van der Waals surface area contributed by atoms with Gasteiger partial charge in [0.05, 0.1) is 6.20 Å². The molecule has 3 nitrogen and oxygen atoms in total. The second-order valence-electron chi connectivity index (χ2n) is 4.92. The Morgan fingerprint density at radius 2 is 2.31 bits per heavy atom. The number of nitrogens with zero attached hydrogens (tertiary/aromatic N) is 2. The van der Waals surface area contributed by atoms with Crippen molar-refractivity contribution in [3.8, 4) is 0 Å². The van der Waals surface area contributed by atoms with E-state index in [2.05, 4.69) is 16.1 Å². The number of hydrogen-bond donors (Lipinski definition) is 0. The van der Waals surface area contributed by atoms with Gasteiger partial charge >= 0.3 is 0 Å². The van der Waals surface area contributed by atoms with Crippen molar-refractivity contribution in [1.29, 1.82) is 0 Å². The van der Waals surface area contributed by atoms with Gasteiger partial charge in [0, 0.05) is 12.1 Å². The van der Waals surface area contributed by atoms with E-state index in [9.17, 15) is 0 Å². The fourth-order valence-electron chi connectivity index (χ4n) is 2.99. The summed E-state index contributed by atoms with van der Waals surface area (Å²) in [6.07, 6.45) is 11.3. The summed E-state index contributed by atoms with van der Waals surface area (Å²) in [5, 5.41) is 3.69. The van der Waals surface area contributed by atoms with E-state index in [4.69, 9.17) is 4.52 Å². The van der Waals surface area contributed by atoms with Crippen molar-refractivity contribution >= 4 is 6.08 Å². The minimum absolute atomic E-state index is 0.770. The van der Waals surface area contributed by atoms with Gasteiger partial charge in [0.25, 0.3) is 0 Å². The van der Waals surface area contributed by atoms with E-state index >= 15 is 0 Å². The highest BCUT2D eigenvalue weighted by molar-refractivity contribution is 5.41. The van der Waals surface area contributed by atoms with Crippen LogP contribution in [-0.4, -0.2) is 29.2 Å². The van der Waals surface area contributed by atoms with Gasteiger partial charge in [-0.1, -0.05) is 11.2 Å². The maximum Gasteiger partial charge on any atom is 0.159 e. The number of aromatic nitrogens is 1. The van der Waals surface area contributed by atoms with Crippen LogP contribution in [0.1, 0.15) is 31.4 Å². The molecule has 3 heteroatoms. The maximum absolute atomic E-state index is 5.03. The first kappa shape index (κ1) is 10.1. The molecule has 0 aliphatic carbocycles. The molecule has 4 rings (SSSR count). The van der Waals surface area contributed by atoms with Crippen molar-refractivity contribution in [3.63, 3.8) is 0 Å². The summed E-state index contributed by atoms with van der Waals surface area (Å²) in [5.41, 5.74) is 0. The molecule has 3 fully saturated rings. The fourth-order valence-corrected chi connectivity index (χ4v) is 2.99. The number of fused-ring (bicyclic) bond motifs is 3. The number of hydrogen-bond acceptors (Lipinski definition) is 3. The van der Waals surface area contributed by atoms with Crippen LogP contribution in [0.5, 0.6) is 0 Å². The third kappa shape index (κ3) is 2.05. The molecule has 3 saturated heterocycles. The van der Waals surface area contributed by atoms with Crippen LogP contribution in [0.4, 0.5) is 0 Å². The molecule has 1 aromatic heterocycles. The van der Waals surface area contributed by atoms with Crippen LogP contribution in [0.15, 0.2) is 22.9 Å². The lowest BCUT2D eigenvalue weighted by atomic mass is 9.82. The van der Waals surface area contributed by atoms with E-state index < -0.39 is 0 Å². The van der Waals surface area contributed by atoms with Crippen molar-refractivity contribution in [2.24, 2.45) is 5.92 Å². The fraction of sp³-hybridized carbons (Fsp3) is 0.615. The molecule has 86 valence electrons. The third-order valence-corrected chi connectivity index (χ3v) is 3.92. The van der Waals surface area contributed by atoms with Gasteiger partial charge in [-0.3, -0.25) is 0 Å². The van der Waals surface area contributed by atoms with Crippen LogP contribution in [0.3, 0.4) is 0 Å². The summed E-state index contributed by atoms with van der Waals surface area (Å²) in [6, 6.07) is 2.66. The number of piperidine rings is 3. The van der Waals surface area contributed by atoms with Crippen LogP contribution < -0.4 is 0 Å². The normalized spacial score (nSPS) is 33.6. The van der Waals surface area contributed by atoms with E-state index in [1.54, 1.807) is 6.20 Å². The molecule has 0 saturated carbocycles. The van der Waals surface area contributed by atoms with Crippen LogP contribution in [0, 0.1) is 5.92 Å². The lowest BCUT2D eigenvalue weighted by molar-refractivity contribution is 0.0513. The summed E-state index contributed by atoms with van der Waals surface area (Å²) in [6.45, 7) is 2.62. The maximum atomic E-state index is 5.03. The Bertz CT molecular complexity index is 350. The molecule has 3 aliphatic heterocycles. The highest BCUT2D eigenvalue weighted by Crippen LogP contribution is 2.33. The first-order valence-electron chi connectivity index (χ1n) is 6.23. The minimum Gasteiger partial charge on any atom is -0.357 e. The molecule has 2 bridgehead atoms. The summed E-state index contributed by atoms with van der Waals surface area (Å²) >= 11 is 0. The molecule has 3 aliphatic rings. The molecule has 1 aromatic rings. The summed E-state index contributed by atoms with van der Waals surface area (Å²) in [7, 11) is 0. The standard InChI is InChI=1S/C13H18N2O/c1(3-13-4-7-14-16-13)2-12-10-11-5-8-15(12)9-6-11/h1,3-4,7,11-12H,2,5-6,8-10H2/b3-1-. The van der Waals surface area contributed by atoms with E-state index in [1.807, 2.05) is 12.1 Å². The lowest BCUT2D eigenvalue weighted by Crippen LogP contribution is -2.48. The highest BCUT2D eigenvalue weighted by atomic mass is 16.5. The lowest BCUT2D eigenvalue weighted by Gasteiger charge is -2.45. The van der Waals surface area contributed by atoms with Crippen molar-refractivity contribution in [1.82, 2.24) is 10.1 Å². The second kappa shape index (κ2) is 4.42. The molecule has 1 unspecified atom stereocenters. The van der Waals surface area contributed by atoms with Crippen LogP contribution >= 0.6 is 0 Å². The van der Waals surface area contributed by atoms with Crippen molar-refractivity contribution in [2.75, 3.05) is 13.1 Å². The Morgan fingerprint density at radius 3 is 2.94 bits per heavy atom.